The molecule has 1 amide bonds. The van der Waals surface area contributed by atoms with Crippen molar-refractivity contribution in [3.05, 3.63) is 64.4 Å². The zero-order valence-electron chi connectivity index (χ0n) is 12.2. The van der Waals surface area contributed by atoms with Crippen LogP contribution in [0.5, 0.6) is 0 Å². The summed E-state index contributed by atoms with van der Waals surface area (Å²) >= 11 is 5.62. The van der Waals surface area contributed by atoms with Crippen LogP contribution in [0.3, 0.4) is 0 Å². The molecule has 2 aromatic carbocycles. The highest BCUT2D eigenvalue weighted by Crippen LogP contribution is 2.20. The molecular weight excluding hydrogens is 329 g/mol. The Morgan fingerprint density at radius 2 is 1.87 bits per heavy atom. The molecule has 7 heteroatoms. The van der Waals surface area contributed by atoms with Crippen LogP contribution in [0, 0.1) is 17.5 Å². The lowest BCUT2D eigenvalue weighted by molar-refractivity contribution is -0.115. The second-order valence-electron chi connectivity index (χ2n) is 4.95. The standard InChI is InChI=1S/C16H14ClF3N2O/c1-9(12-4-2-10(18)6-15(12)20)21-8-16(23)22-11-3-5-14(19)13(17)7-11/h2-7,9,21H,8H2,1H3,(H,22,23)/t9-/m0/s1. The van der Waals surface area contributed by atoms with Crippen LogP contribution in [0.2, 0.25) is 5.02 Å². The number of halogens is 4. The van der Waals surface area contributed by atoms with Crippen molar-refractivity contribution in [3.8, 4) is 0 Å². The minimum Gasteiger partial charge on any atom is -0.325 e. The van der Waals surface area contributed by atoms with Crippen LogP contribution in [0.4, 0.5) is 18.9 Å². The van der Waals surface area contributed by atoms with Gasteiger partial charge in [-0.3, -0.25) is 4.79 Å². The molecule has 0 bridgehead atoms. The minimum absolute atomic E-state index is 0.0995. The van der Waals surface area contributed by atoms with Gasteiger partial charge in [-0.25, -0.2) is 13.2 Å². The zero-order chi connectivity index (χ0) is 17.0. The first-order valence-electron chi connectivity index (χ1n) is 6.80. The third-order valence-electron chi connectivity index (χ3n) is 3.20. The fourth-order valence-electron chi connectivity index (χ4n) is 1.99. The van der Waals surface area contributed by atoms with E-state index in [9.17, 15) is 18.0 Å². The van der Waals surface area contributed by atoms with Gasteiger partial charge in [0.05, 0.1) is 11.6 Å². The van der Waals surface area contributed by atoms with Gasteiger partial charge >= 0.3 is 0 Å². The van der Waals surface area contributed by atoms with Gasteiger partial charge in [0.1, 0.15) is 17.5 Å². The van der Waals surface area contributed by atoms with E-state index in [2.05, 4.69) is 10.6 Å². The molecular formula is C16H14ClF3N2O. The molecule has 0 radical (unpaired) electrons. The molecule has 2 N–H and O–H groups in total. The van der Waals surface area contributed by atoms with Crippen molar-refractivity contribution in [2.24, 2.45) is 0 Å². The maximum Gasteiger partial charge on any atom is 0.238 e. The van der Waals surface area contributed by atoms with Gasteiger partial charge in [-0.1, -0.05) is 17.7 Å². The molecule has 3 nitrogen and oxygen atoms in total. The molecule has 0 saturated carbocycles. The van der Waals surface area contributed by atoms with Gasteiger partial charge in [-0.05, 0) is 31.2 Å². The number of carbonyl (C=O) groups is 1. The van der Waals surface area contributed by atoms with Crippen molar-refractivity contribution in [1.29, 1.82) is 0 Å². The fourth-order valence-corrected chi connectivity index (χ4v) is 2.17. The first kappa shape index (κ1) is 17.3. The average molecular weight is 343 g/mol. The first-order chi connectivity index (χ1) is 10.9. The topological polar surface area (TPSA) is 41.1 Å². The molecule has 0 heterocycles. The van der Waals surface area contributed by atoms with Gasteiger partial charge in [0.25, 0.3) is 0 Å². The molecule has 0 fully saturated rings. The summed E-state index contributed by atoms with van der Waals surface area (Å²) in [6.45, 7) is 1.55. The van der Waals surface area contributed by atoms with Crippen LogP contribution < -0.4 is 10.6 Å². The van der Waals surface area contributed by atoms with Gasteiger partial charge in [0, 0.05) is 23.4 Å². The monoisotopic (exact) mass is 342 g/mol. The largest absolute Gasteiger partial charge is 0.325 e. The Labute approximate surface area is 136 Å². The Bertz CT molecular complexity index is 724. The molecule has 0 saturated heterocycles. The Morgan fingerprint density at radius 3 is 2.52 bits per heavy atom. The highest BCUT2D eigenvalue weighted by atomic mass is 35.5. The second-order valence-corrected chi connectivity index (χ2v) is 5.35. The van der Waals surface area contributed by atoms with E-state index in [0.717, 1.165) is 18.2 Å². The summed E-state index contributed by atoms with van der Waals surface area (Å²) in [6.07, 6.45) is 0. The highest BCUT2D eigenvalue weighted by molar-refractivity contribution is 6.31. The Hall–Kier alpha value is -2.05. The van der Waals surface area contributed by atoms with E-state index in [4.69, 9.17) is 11.6 Å². The second kappa shape index (κ2) is 7.48. The number of hydrogen-bond donors (Lipinski definition) is 2. The lowest BCUT2D eigenvalue weighted by atomic mass is 10.1. The SMILES string of the molecule is C[C@H](NCC(=O)Nc1ccc(F)c(Cl)c1)c1ccc(F)cc1F. The minimum atomic E-state index is -0.685. The lowest BCUT2D eigenvalue weighted by Gasteiger charge is -2.15. The summed E-state index contributed by atoms with van der Waals surface area (Å²) in [5.41, 5.74) is 0.604. The number of anilines is 1. The van der Waals surface area contributed by atoms with E-state index in [-0.39, 0.29) is 17.1 Å². The third kappa shape index (κ3) is 4.71. The summed E-state index contributed by atoms with van der Waals surface area (Å²) in [5.74, 6) is -2.33. The van der Waals surface area contributed by atoms with E-state index in [1.807, 2.05) is 0 Å². The summed E-state index contributed by atoms with van der Waals surface area (Å²) < 4.78 is 39.5. The summed E-state index contributed by atoms with van der Waals surface area (Å²) in [7, 11) is 0. The van der Waals surface area contributed by atoms with Crippen molar-refractivity contribution in [2.75, 3.05) is 11.9 Å². The molecule has 2 rings (SSSR count). The predicted molar refractivity (Wildman–Crippen MR) is 82.8 cm³/mol. The molecule has 122 valence electrons. The van der Waals surface area contributed by atoms with Crippen LogP contribution in [0.15, 0.2) is 36.4 Å². The van der Waals surface area contributed by atoms with Crippen LogP contribution in [-0.4, -0.2) is 12.5 Å². The van der Waals surface area contributed by atoms with E-state index < -0.39 is 29.4 Å². The van der Waals surface area contributed by atoms with E-state index in [1.165, 1.54) is 18.2 Å². The van der Waals surface area contributed by atoms with Crippen LogP contribution in [0.1, 0.15) is 18.5 Å². The number of rotatable bonds is 5. The molecule has 23 heavy (non-hydrogen) atoms. The van der Waals surface area contributed by atoms with Crippen molar-refractivity contribution >= 4 is 23.2 Å². The molecule has 0 aromatic heterocycles. The van der Waals surface area contributed by atoms with Gasteiger partial charge in [0.2, 0.25) is 5.91 Å². The van der Waals surface area contributed by atoms with Crippen molar-refractivity contribution in [2.45, 2.75) is 13.0 Å². The van der Waals surface area contributed by atoms with E-state index in [1.54, 1.807) is 6.92 Å². The van der Waals surface area contributed by atoms with Crippen LogP contribution >= 0.6 is 11.6 Å². The highest BCUT2D eigenvalue weighted by Gasteiger charge is 2.13. The molecule has 0 aliphatic rings. The van der Waals surface area contributed by atoms with Gasteiger partial charge in [-0.15, -0.1) is 0 Å². The average Bonchev–Trinajstić information content (AvgIpc) is 2.48. The normalized spacial score (nSPS) is 12.0. The number of carbonyl (C=O) groups excluding carboxylic acids is 1. The Kier molecular flexibility index (Phi) is 5.63. The third-order valence-corrected chi connectivity index (χ3v) is 3.49. The fraction of sp³-hybridized carbons (Fsp3) is 0.188. The predicted octanol–water partition coefficient (Wildman–Crippen LogP) is 4.05. The first-order valence-corrected chi connectivity index (χ1v) is 7.18. The molecule has 0 aliphatic carbocycles. The van der Waals surface area contributed by atoms with Crippen LogP contribution in [-0.2, 0) is 4.79 Å². The number of hydrogen-bond acceptors (Lipinski definition) is 2. The van der Waals surface area contributed by atoms with Gasteiger partial charge in [-0.2, -0.15) is 0 Å². The van der Waals surface area contributed by atoms with Gasteiger partial charge in [0.15, 0.2) is 0 Å². The molecule has 0 unspecified atom stereocenters. The molecule has 1 atom stereocenters. The smallest absolute Gasteiger partial charge is 0.238 e. The van der Waals surface area contributed by atoms with Crippen molar-refractivity contribution in [1.82, 2.24) is 5.32 Å². The van der Waals surface area contributed by atoms with E-state index in [0.29, 0.717) is 5.69 Å². The molecule has 0 aliphatic heterocycles. The lowest BCUT2D eigenvalue weighted by Crippen LogP contribution is -2.30. The molecule has 2 aromatic rings. The summed E-state index contributed by atoms with van der Waals surface area (Å²) in [5, 5.41) is 5.26. The van der Waals surface area contributed by atoms with Crippen molar-refractivity contribution in [3.63, 3.8) is 0 Å². The number of amides is 1. The van der Waals surface area contributed by atoms with Gasteiger partial charge < -0.3 is 10.6 Å². The number of benzene rings is 2. The molecule has 0 spiro atoms. The maximum absolute atomic E-state index is 13.6. The maximum atomic E-state index is 13.6. The summed E-state index contributed by atoms with van der Waals surface area (Å²) in [6, 6.07) is 6.57. The summed E-state index contributed by atoms with van der Waals surface area (Å²) in [4.78, 5) is 11.8. The quantitative estimate of drug-likeness (QED) is 0.860. The van der Waals surface area contributed by atoms with E-state index >= 15 is 0 Å². The van der Waals surface area contributed by atoms with Crippen molar-refractivity contribution < 1.29 is 18.0 Å². The van der Waals surface area contributed by atoms with Crippen LogP contribution in [0.25, 0.3) is 0 Å². The Balaban J connectivity index is 1.91. The zero-order valence-corrected chi connectivity index (χ0v) is 12.9. The Morgan fingerprint density at radius 1 is 1.13 bits per heavy atom. The number of nitrogens with one attached hydrogen (secondary N) is 2.